The summed E-state index contributed by atoms with van der Waals surface area (Å²) in [4.78, 5) is 18.7. The van der Waals surface area contributed by atoms with Crippen molar-refractivity contribution in [2.24, 2.45) is 0 Å². The van der Waals surface area contributed by atoms with Crippen LogP contribution in [0.1, 0.15) is 43.0 Å². The first-order valence-electron chi connectivity index (χ1n) is 8.10. The van der Waals surface area contributed by atoms with E-state index in [9.17, 15) is 4.79 Å². The Bertz CT molecular complexity index is 679. The molecular weight excluding hydrogens is 290 g/mol. The zero-order valence-corrected chi connectivity index (χ0v) is 13.3. The molecule has 1 saturated heterocycles. The predicted molar refractivity (Wildman–Crippen MR) is 87.7 cm³/mol. The molecule has 1 aliphatic rings. The van der Waals surface area contributed by atoms with Crippen molar-refractivity contribution in [3.63, 3.8) is 0 Å². The number of piperidine rings is 1. The second-order valence-corrected chi connectivity index (χ2v) is 5.77. The zero-order chi connectivity index (χ0) is 16.1. The van der Waals surface area contributed by atoms with Gasteiger partial charge in [0.1, 0.15) is 0 Å². The summed E-state index contributed by atoms with van der Waals surface area (Å²) in [5.74, 6) is 1.60. The van der Waals surface area contributed by atoms with Gasteiger partial charge in [-0.2, -0.15) is 4.98 Å². The Kier molecular flexibility index (Phi) is 4.86. The largest absolute Gasteiger partial charge is 0.339 e. The van der Waals surface area contributed by atoms with Crippen molar-refractivity contribution in [3.8, 4) is 0 Å². The lowest BCUT2D eigenvalue weighted by Gasteiger charge is -2.30. The van der Waals surface area contributed by atoms with Crippen LogP contribution in [0.2, 0.25) is 0 Å². The van der Waals surface area contributed by atoms with Gasteiger partial charge in [-0.25, -0.2) is 0 Å². The summed E-state index contributed by atoms with van der Waals surface area (Å²) in [5, 5.41) is 4.06. The van der Waals surface area contributed by atoms with Crippen molar-refractivity contribution in [2.75, 3.05) is 13.1 Å². The molecule has 0 bridgehead atoms. The second-order valence-electron chi connectivity index (χ2n) is 5.77. The summed E-state index contributed by atoms with van der Waals surface area (Å²) in [6.07, 6.45) is 6.20. The van der Waals surface area contributed by atoms with Crippen molar-refractivity contribution in [1.29, 1.82) is 0 Å². The number of carbonyl (C=O) groups is 1. The number of benzene rings is 1. The monoisotopic (exact) mass is 311 g/mol. The van der Waals surface area contributed by atoms with Crippen LogP contribution >= 0.6 is 0 Å². The fraction of sp³-hybridized carbons (Fsp3) is 0.389. The first kappa shape index (κ1) is 15.5. The van der Waals surface area contributed by atoms with E-state index >= 15 is 0 Å². The number of rotatable bonds is 4. The first-order chi connectivity index (χ1) is 11.3. The topological polar surface area (TPSA) is 59.2 Å². The zero-order valence-electron chi connectivity index (χ0n) is 13.3. The Morgan fingerprint density at radius 1 is 1.39 bits per heavy atom. The van der Waals surface area contributed by atoms with Crippen LogP contribution in [-0.2, 0) is 11.2 Å². The summed E-state index contributed by atoms with van der Waals surface area (Å²) in [5.41, 5.74) is 1.03. The second kappa shape index (κ2) is 7.22. The summed E-state index contributed by atoms with van der Waals surface area (Å²) >= 11 is 0. The van der Waals surface area contributed by atoms with Crippen LogP contribution < -0.4 is 0 Å². The van der Waals surface area contributed by atoms with E-state index in [-0.39, 0.29) is 11.8 Å². The normalized spacial score (nSPS) is 18.5. The van der Waals surface area contributed by atoms with E-state index in [2.05, 4.69) is 10.1 Å². The molecular formula is C18H21N3O2. The fourth-order valence-corrected chi connectivity index (χ4v) is 2.80. The quantitative estimate of drug-likeness (QED) is 0.814. The van der Waals surface area contributed by atoms with E-state index < -0.39 is 0 Å². The molecule has 0 saturated carbocycles. The maximum Gasteiger partial charge on any atom is 0.246 e. The molecule has 5 heteroatoms. The van der Waals surface area contributed by atoms with Gasteiger partial charge < -0.3 is 9.42 Å². The Balaban J connectivity index is 1.63. The summed E-state index contributed by atoms with van der Waals surface area (Å²) < 4.78 is 5.19. The van der Waals surface area contributed by atoms with Crippen LogP contribution in [-0.4, -0.2) is 34.0 Å². The Morgan fingerprint density at radius 3 is 2.96 bits per heavy atom. The standard InChI is InChI=1S/C18H21N3O2/c1-2-16-19-18(20-23-16)15-9-6-12-21(13-15)17(22)11-10-14-7-4-3-5-8-14/h3-5,7-8,10-11,15H,2,6,9,12-13H2,1H3/b11-10+/t15-/m1/s1. The number of aryl methyl sites for hydroxylation is 1. The number of amides is 1. The van der Waals surface area contributed by atoms with E-state index in [1.165, 1.54) is 0 Å². The SMILES string of the molecule is CCc1nc([C@@H]2CCCN(C(=O)/C=C/c3ccccc3)C2)no1. The average molecular weight is 311 g/mol. The van der Waals surface area contributed by atoms with Crippen LogP contribution in [0.25, 0.3) is 6.08 Å². The number of hydrogen-bond acceptors (Lipinski definition) is 4. The van der Waals surface area contributed by atoms with Crippen LogP contribution in [0.3, 0.4) is 0 Å². The van der Waals surface area contributed by atoms with Crippen molar-refractivity contribution in [3.05, 3.63) is 53.7 Å². The molecule has 1 aromatic carbocycles. The highest BCUT2D eigenvalue weighted by atomic mass is 16.5. The molecule has 2 aromatic rings. The minimum Gasteiger partial charge on any atom is -0.339 e. The predicted octanol–water partition coefficient (Wildman–Crippen LogP) is 3.05. The lowest BCUT2D eigenvalue weighted by atomic mass is 9.97. The molecule has 23 heavy (non-hydrogen) atoms. The minimum absolute atomic E-state index is 0.0396. The van der Waals surface area contributed by atoms with Gasteiger partial charge in [0, 0.05) is 31.5 Å². The highest BCUT2D eigenvalue weighted by Gasteiger charge is 2.26. The highest BCUT2D eigenvalue weighted by Crippen LogP contribution is 2.25. The van der Waals surface area contributed by atoms with E-state index in [0.717, 1.165) is 37.2 Å². The number of hydrogen-bond donors (Lipinski definition) is 0. The number of likely N-dealkylation sites (tertiary alicyclic amines) is 1. The van der Waals surface area contributed by atoms with Crippen molar-refractivity contribution in [1.82, 2.24) is 15.0 Å². The van der Waals surface area contributed by atoms with Gasteiger partial charge in [-0.05, 0) is 24.5 Å². The first-order valence-corrected chi connectivity index (χ1v) is 8.10. The van der Waals surface area contributed by atoms with Crippen LogP contribution in [0.15, 0.2) is 40.9 Å². The maximum absolute atomic E-state index is 12.4. The third-order valence-electron chi connectivity index (χ3n) is 4.10. The molecule has 0 aliphatic carbocycles. The van der Waals surface area contributed by atoms with Gasteiger partial charge in [0.2, 0.25) is 11.8 Å². The van der Waals surface area contributed by atoms with E-state index in [4.69, 9.17) is 4.52 Å². The molecule has 0 unspecified atom stereocenters. The molecule has 1 aliphatic heterocycles. The Morgan fingerprint density at radius 2 is 2.22 bits per heavy atom. The smallest absolute Gasteiger partial charge is 0.246 e. The molecule has 1 amide bonds. The molecule has 0 radical (unpaired) electrons. The number of carbonyl (C=O) groups excluding carboxylic acids is 1. The van der Waals surface area contributed by atoms with Crippen LogP contribution in [0.5, 0.6) is 0 Å². The molecule has 120 valence electrons. The maximum atomic E-state index is 12.4. The summed E-state index contributed by atoms with van der Waals surface area (Å²) in [6.45, 7) is 3.43. The highest BCUT2D eigenvalue weighted by molar-refractivity contribution is 5.91. The Hall–Kier alpha value is -2.43. The molecule has 1 atom stereocenters. The van der Waals surface area contributed by atoms with Crippen LogP contribution in [0, 0.1) is 0 Å². The molecule has 1 fully saturated rings. The number of aromatic nitrogens is 2. The third kappa shape index (κ3) is 3.86. The van der Waals surface area contributed by atoms with Gasteiger partial charge in [-0.3, -0.25) is 4.79 Å². The molecule has 1 aromatic heterocycles. The van der Waals surface area contributed by atoms with E-state index in [1.807, 2.05) is 48.2 Å². The minimum atomic E-state index is 0.0396. The molecule has 5 nitrogen and oxygen atoms in total. The lowest BCUT2D eigenvalue weighted by Crippen LogP contribution is -2.38. The fourth-order valence-electron chi connectivity index (χ4n) is 2.80. The molecule has 3 rings (SSSR count). The van der Waals surface area contributed by atoms with Gasteiger partial charge in [-0.1, -0.05) is 42.4 Å². The van der Waals surface area contributed by atoms with Gasteiger partial charge in [-0.15, -0.1) is 0 Å². The van der Waals surface area contributed by atoms with Crippen molar-refractivity contribution < 1.29 is 9.32 Å². The molecule has 2 heterocycles. The van der Waals surface area contributed by atoms with E-state index in [1.54, 1.807) is 6.08 Å². The van der Waals surface area contributed by atoms with Gasteiger partial charge in [0.15, 0.2) is 5.82 Å². The van der Waals surface area contributed by atoms with Crippen LogP contribution in [0.4, 0.5) is 0 Å². The van der Waals surface area contributed by atoms with Crippen molar-refractivity contribution >= 4 is 12.0 Å². The lowest BCUT2D eigenvalue weighted by molar-refractivity contribution is -0.127. The van der Waals surface area contributed by atoms with Gasteiger partial charge in [0.25, 0.3) is 0 Å². The Labute approximate surface area is 136 Å². The van der Waals surface area contributed by atoms with Gasteiger partial charge >= 0.3 is 0 Å². The third-order valence-corrected chi connectivity index (χ3v) is 4.10. The van der Waals surface area contributed by atoms with Gasteiger partial charge in [0.05, 0.1) is 0 Å². The van der Waals surface area contributed by atoms with E-state index in [0.29, 0.717) is 12.4 Å². The number of nitrogens with zero attached hydrogens (tertiary/aromatic N) is 3. The van der Waals surface area contributed by atoms with Crippen molar-refractivity contribution in [2.45, 2.75) is 32.1 Å². The summed E-state index contributed by atoms with van der Waals surface area (Å²) in [7, 11) is 0. The summed E-state index contributed by atoms with van der Waals surface area (Å²) in [6, 6.07) is 9.85. The molecule has 0 spiro atoms. The molecule has 0 N–H and O–H groups in total. The average Bonchev–Trinajstić information content (AvgIpc) is 3.10.